The van der Waals surface area contributed by atoms with Crippen LogP contribution in [0.4, 0.5) is 5.69 Å². The molecular weight excluding hydrogens is 438 g/mol. The van der Waals surface area contributed by atoms with Gasteiger partial charge in [0.2, 0.25) is 0 Å². The average Bonchev–Trinajstić information content (AvgIpc) is 3.07. The topological polar surface area (TPSA) is 114 Å². The van der Waals surface area contributed by atoms with Crippen molar-refractivity contribution < 1.29 is 19.6 Å². The molecule has 138 valence electrons. The fraction of sp³-hybridized carbons (Fsp3) is 0.0588. The minimum Gasteiger partial charge on any atom is -0.504 e. The Labute approximate surface area is 165 Å². The molecule has 0 aliphatic heterocycles. The van der Waals surface area contributed by atoms with Gasteiger partial charge in [0.05, 0.1) is 23.1 Å². The smallest absolute Gasteiger partial charge is 0.281 e. The maximum Gasteiger partial charge on any atom is 0.281 e. The van der Waals surface area contributed by atoms with Gasteiger partial charge < -0.3 is 9.84 Å². The van der Waals surface area contributed by atoms with Crippen molar-refractivity contribution in [1.29, 1.82) is 0 Å². The number of hydrogen-bond donors (Lipinski definition) is 2. The number of nitro benzene ring substituents is 1. The third-order valence-corrected chi connectivity index (χ3v) is 5.17. The summed E-state index contributed by atoms with van der Waals surface area (Å²) in [6.07, 6.45) is 1.29. The predicted molar refractivity (Wildman–Crippen MR) is 106 cm³/mol. The molecule has 0 saturated carbocycles. The number of halogens is 1. The van der Waals surface area contributed by atoms with E-state index in [0.29, 0.717) is 20.3 Å². The Hall–Kier alpha value is -2.98. The van der Waals surface area contributed by atoms with Crippen LogP contribution in [0.2, 0.25) is 0 Å². The lowest BCUT2D eigenvalue weighted by atomic mass is 10.2. The van der Waals surface area contributed by atoms with Crippen LogP contribution in [-0.4, -0.2) is 29.3 Å². The van der Waals surface area contributed by atoms with Gasteiger partial charge in [-0.15, -0.1) is 11.3 Å². The molecule has 0 saturated heterocycles. The lowest BCUT2D eigenvalue weighted by Gasteiger charge is -2.06. The minimum absolute atomic E-state index is 0.0376. The van der Waals surface area contributed by atoms with E-state index in [-0.39, 0.29) is 17.2 Å². The lowest BCUT2D eigenvalue weighted by Crippen LogP contribution is -2.16. The number of carbonyl (C=O) groups is 1. The van der Waals surface area contributed by atoms with Gasteiger partial charge in [-0.1, -0.05) is 15.9 Å². The molecule has 2 aromatic carbocycles. The van der Waals surface area contributed by atoms with Crippen molar-refractivity contribution in [1.82, 2.24) is 5.43 Å². The van der Waals surface area contributed by atoms with E-state index in [0.717, 1.165) is 4.70 Å². The first-order valence-corrected chi connectivity index (χ1v) is 9.08. The standard InChI is InChI=1S/C17H12BrN3O5S/c1-26-13-7-11(18)4-10(16(13)22)8-19-20-17(23)15-6-9-5-12(21(24)25)2-3-14(9)27-15/h2-8,22H,1H3,(H,20,23)/b19-8+. The maximum atomic E-state index is 12.3. The van der Waals surface area contributed by atoms with Crippen LogP contribution in [0.25, 0.3) is 10.1 Å². The number of aromatic hydroxyl groups is 1. The third-order valence-electron chi connectivity index (χ3n) is 3.59. The fourth-order valence-corrected chi connectivity index (χ4v) is 3.71. The summed E-state index contributed by atoms with van der Waals surface area (Å²) in [4.78, 5) is 23.0. The van der Waals surface area contributed by atoms with Gasteiger partial charge >= 0.3 is 0 Å². The largest absolute Gasteiger partial charge is 0.504 e. The lowest BCUT2D eigenvalue weighted by molar-refractivity contribution is -0.384. The van der Waals surface area contributed by atoms with E-state index in [1.54, 1.807) is 24.3 Å². The molecule has 3 aromatic rings. The molecular formula is C17H12BrN3O5S. The van der Waals surface area contributed by atoms with E-state index in [2.05, 4.69) is 26.5 Å². The highest BCUT2D eigenvalue weighted by Gasteiger charge is 2.13. The molecule has 0 atom stereocenters. The van der Waals surface area contributed by atoms with Crippen LogP contribution in [0, 0.1) is 10.1 Å². The van der Waals surface area contributed by atoms with Crippen LogP contribution >= 0.6 is 27.3 Å². The van der Waals surface area contributed by atoms with Crippen molar-refractivity contribution >= 4 is 55.2 Å². The molecule has 3 rings (SSSR count). The van der Waals surface area contributed by atoms with Gasteiger partial charge in [0, 0.05) is 32.3 Å². The molecule has 0 aliphatic carbocycles. The van der Waals surface area contributed by atoms with E-state index >= 15 is 0 Å². The molecule has 0 unspecified atom stereocenters. The molecule has 1 aromatic heterocycles. The van der Waals surface area contributed by atoms with Crippen molar-refractivity contribution in [2.24, 2.45) is 5.10 Å². The predicted octanol–water partition coefficient (Wildman–Crippen LogP) is 4.05. The first-order chi connectivity index (χ1) is 12.9. The van der Waals surface area contributed by atoms with Gasteiger partial charge in [-0.05, 0) is 24.3 Å². The Morgan fingerprint density at radius 3 is 2.85 bits per heavy atom. The molecule has 1 amide bonds. The minimum atomic E-state index is -0.486. The number of carbonyl (C=O) groups excluding carboxylic acids is 1. The Morgan fingerprint density at radius 1 is 1.37 bits per heavy atom. The number of rotatable bonds is 5. The number of hydrogen-bond acceptors (Lipinski definition) is 7. The van der Waals surface area contributed by atoms with Gasteiger partial charge in [-0.2, -0.15) is 5.10 Å². The molecule has 27 heavy (non-hydrogen) atoms. The van der Waals surface area contributed by atoms with Crippen molar-refractivity contribution in [2.45, 2.75) is 0 Å². The third kappa shape index (κ3) is 4.07. The number of non-ortho nitro benzene ring substituents is 1. The molecule has 0 bridgehead atoms. The highest BCUT2D eigenvalue weighted by Crippen LogP contribution is 2.32. The number of fused-ring (bicyclic) bond motifs is 1. The van der Waals surface area contributed by atoms with Gasteiger partial charge in [0.1, 0.15) is 0 Å². The number of methoxy groups -OCH3 is 1. The SMILES string of the molecule is COc1cc(Br)cc(/C=N/NC(=O)c2cc3cc([N+](=O)[O-])ccc3s2)c1O. The van der Waals surface area contributed by atoms with Crippen molar-refractivity contribution in [3.8, 4) is 11.5 Å². The average molecular weight is 450 g/mol. The molecule has 10 heteroatoms. The van der Waals surface area contributed by atoms with E-state index in [4.69, 9.17) is 4.74 Å². The van der Waals surface area contributed by atoms with Gasteiger partial charge in [0.25, 0.3) is 11.6 Å². The fourth-order valence-electron chi connectivity index (χ4n) is 2.32. The number of nitrogens with one attached hydrogen (secondary N) is 1. The molecule has 8 nitrogen and oxygen atoms in total. The number of phenolic OH excluding ortho intramolecular Hbond substituents is 1. The Bertz CT molecular complexity index is 1080. The summed E-state index contributed by atoms with van der Waals surface area (Å²) in [5, 5.41) is 25.4. The number of nitro groups is 1. The number of benzene rings is 2. The number of hydrazone groups is 1. The molecule has 0 aliphatic rings. The van der Waals surface area contributed by atoms with Crippen molar-refractivity contribution in [3.63, 3.8) is 0 Å². The first-order valence-electron chi connectivity index (χ1n) is 7.47. The van der Waals surface area contributed by atoms with Crippen LogP contribution in [-0.2, 0) is 0 Å². The summed E-state index contributed by atoms with van der Waals surface area (Å²) in [5.41, 5.74) is 2.69. The van der Waals surface area contributed by atoms with E-state index in [1.165, 1.54) is 36.8 Å². The Morgan fingerprint density at radius 2 is 2.15 bits per heavy atom. The second-order valence-electron chi connectivity index (χ2n) is 5.33. The Balaban J connectivity index is 1.78. The maximum absolute atomic E-state index is 12.3. The molecule has 1 heterocycles. The van der Waals surface area contributed by atoms with E-state index in [1.807, 2.05) is 0 Å². The summed E-state index contributed by atoms with van der Waals surface area (Å²) < 4.78 is 6.48. The number of nitrogens with zero attached hydrogens (tertiary/aromatic N) is 2. The quantitative estimate of drug-likeness (QED) is 0.346. The second-order valence-corrected chi connectivity index (χ2v) is 7.33. The summed E-state index contributed by atoms with van der Waals surface area (Å²) >= 11 is 4.49. The molecule has 0 fully saturated rings. The van der Waals surface area contributed by atoms with E-state index < -0.39 is 10.8 Å². The highest BCUT2D eigenvalue weighted by atomic mass is 79.9. The van der Waals surface area contributed by atoms with E-state index in [9.17, 15) is 20.0 Å². The van der Waals surface area contributed by atoms with Gasteiger partial charge in [0.15, 0.2) is 11.5 Å². The number of phenols is 1. The van der Waals surface area contributed by atoms with Crippen LogP contribution in [0.3, 0.4) is 0 Å². The second kappa shape index (κ2) is 7.72. The normalized spacial score (nSPS) is 11.0. The highest BCUT2D eigenvalue weighted by molar-refractivity contribution is 9.10. The monoisotopic (exact) mass is 449 g/mol. The molecule has 0 radical (unpaired) electrons. The summed E-state index contributed by atoms with van der Waals surface area (Å²) in [5.74, 6) is -0.298. The van der Waals surface area contributed by atoms with Crippen molar-refractivity contribution in [3.05, 3.63) is 61.4 Å². The zero-order chi connectivity index (χ0) is 19.6. The van der Waals surface area contributed by atoms with Gasteiger partial charge in [-0.3, -0.25) is 14.9 Å². The van der Waals surface area contributed by atoms with Crippen LogP contribution in [0.1, 0.15) is 15.2 Å². The zero-order valence-corrected chi connectivity index (χ0v) is 16.2. The number of amides is 1. The molecule has 2 N–H and O–H groups in total. The van der Waals surface area contributed by atoms with Crippen molar-refractivity contribution in [2.75, 3.05) is 7.11 Å². The molecule has 0 spiro atoms. The van der Waals surface area contributed by atoms with Crippen LogP contribution in [0.15, 0.2) is 46.0 Å². The summed E-state index contributed by atoms with van der Waals surface area (Å²) in [7, 11) is 1.43. The van der Waals surface area contributed by atoms with Crippen LogP contribution < -0.4 is 10.2 Å². The van der Waals surface area contributed by atoms with Gasteiger partial charge in [-0.25, -0.2) is 5.43 Å². The van der Waals surface area contributed by atoms with Crippen LogP contribution in [0.5, 0.6) is 11.5 Å². The number of ether oxygens (including phenoxy) is 1. The Kier molecular flexibility index (Phi) is 5.38. The summed E-state index contributed by atoms with van der Waals surface area (Å²) in [6, 6.07) is 9.19. The zero-order valence-electron chi connectivity index (χ0n) is 13.8. The number of thiophene rings is 1. The first kappa shape index (κ1) is 18.8. The summed E-state index contributed by atoms with van der Waals surface area (Å²) in [6.45, 7) is 0.